The molecule has 3 rings (SSSR count). The Hall–Kier alpha value is -3.73. The van der Waals surface area contributed by atoms with Crippen molar-refractivity contribution in [2.24, 2.45) is 5.10 Å². The zero-order valence-corrected chi connectivity index (χ0v) is 20.5. The summed E-state index contributed by atoms with van der Waals surface area (Å²) < 4.78 is 23.2. The lowest BCUT2D eigenvalue weighted by Crippen LogP contribution is -2.20. The first-order valence-electron chi connectivity index (χ1n) is 10.4. The Morgan fingerprint density at radius 3 is 2.47 bits per heavy atom. The Morgan fingerprint density at radius 1 is 1.03 bits per heavy atom. The van der Waals surface area contributed by atoms with Crippen molar-refractivity contribution in [3.63, 3.8) is 0 Å². The maximum Gasteiger partial charge on any atom is 0.250 e. The molecule has 1 amide bonds. The molecular weight excluding hydrogens is 458 g/mol. The Morgan fingerprint density at radius 2 is 1.79 bits per heavy atom. The molecule has 3 aromatic rings. The summed E-state index contributed by atoms with van der Waals surface area (Å²) in [6.07, 6.45) is 1.51. The fraction of sp³-hybridized carbons (Fsp3) is 0.304. The number of aromatic nitrogens is 3. The molecule has 1 N–H and O–H groups in total. The Labute approximate surface area is 202 Å². The summed E-state index contributed by atoms with van der Waals surface area (Å²) in [6, 6.07) is 11.0. The van der Waals surface area contributed by atoms with Crippen LogP contribution >= 0.6 is 11.8 Å². The number of hydrogen-bond donors (Lipinski definition) is 1. The molecule has 0 aliphatic carbocycles. The third-order valence-electron chi connectivity index (χ3n) is 4.83. The van der Waals surface area contributed by atoms with Gasteiger partial charge in [0.25, 0.3) is 5.91 Å². The van der Waals surface area contributed by atoms with Crippen LogP contribution < -0.4 is 24.4 Å². The van der Waals surface area contributed by atoms with E-state index in [2.05, 4.69) is 20.7 Å². The lowest BCUT2D eigenvalue weighted by molar-refractivity contribution is -0.118. The van der Waals surface area contributed by atoms with E-state index in [9.17, 15) is 4.79 Å². The minimum Gasteiger partial charge on any atom is -0.493 e. The Bertz CT molecular complexity index is 1160. The first-order chi connectivity index (χ1) is 16.6. The summed E-state index contributed by atoms with van der Waals surface area (Å²) in [5.74, 6) is 2.87. The number of hydrazone groups is 1. The third kappa shape index (κ3) is 5.60. The van der Waals surface area contributed by atoms with E-state index >= 15 is 0 Å². The van der Waals surface area contributed by atoms with Crippen molar-refractivity contribution in [1.29, 1.82) is 0 Å². The first-order valence-corrected chi connectivity index (χ1v) is 11.4. The molecule has 0 aliphatic rings. The van der Waals surface area contributed by atoms with Crippen LogP contribution in [0.3, 0.4) is 0 Å². The van der Waals surface area contributed by atoms with E-state index in [1.165, 1.54) is 18.0 Å². The number of hydrogen-bond acceptors (Lipinski definition) is 9. The van der Waals surface area contributed by atoms with Gasteiger partial charge in [-0.25, -0.2) is 5.43 Å². The molecule has 0 saturated heterocycles. The Balaban J connectivity index is 1.66. The molecule has 11 heteroatoms. The number of carbonyl (C=O) groups is 1. The molecular formula is C23H27N5O5S. The van der Waals surface area contributed by atoms with Gasteiger partial charge in [0, 0.05) is 17.7 Å². The Kier molecular flexibility index (Phi) is 8.74. The predicted molar refractivity (Wildman–Crippen MR) is 130 cm³/mol. The fourth-order valence-corrected chi connectivity index (χ4v) is 4.01. The van der Waals surface area contributed by atoms with Crippen LogP contribution in [0.25, 0.3) is 11.4 Å². The van der Waals surface area contributed by atoms with E-state index in [-0.39, 0.29) is 11.7 Å². The molecule has 180 valence electrons. The van der Waals surface area contributed by atoms with Gasteiger partial charge in [-0.1, -0.05) is 17.8 Å². The second-order valence-electron chi connectivity index (χ2n) is 6.78. The molecule has 0 atom stereocenters. The zero-order valence-electron chi connectivity index (χ0n) is 19.7. The van der Waals surface area contributed by atoms with Crippen molar-refractivity contribution in [3.05, 3.63) is 42.0 Å². The molecule has 0 aliphatic heterocycles. The van der Waals surface area contributed by atoms with Gasteiger partial charge in [0.1, 0.15) is 0 Å². The van der Waals surface area contributed by atoms with Gasteiger partial charge in [-0.2, -0.15) is 5.10 Å². The summed E-state index contributed by atoms with van der Waals surface area (Å²) in [7, 11) is 6.27. The van der Waals surface area contributed by atoms with Gasteiger partial charge in [0.05, 0.1) is 40.4 Å². The summed E-state index contributed by atoms with van der Waals surface area (Å²) in [5, 5.41) is 13.2. The number of para-hydroxylation sites is 1. The largest absolute Gasteiger partial charge is 0.493 e. The molecule has 10 nitrogen and oxygen atoms in total. The average molecular weight is 486 g/mol. The fourth-order valence-electron chi connectivity index (χ4n) is 3.22. The molecule has 0 radical (unpaired) electrons. The van der Waals surface area contributed by atoms with Crippen LogP contribution in [0.1, 0.15) is 12.5 Å². The van der Waals surface area contributed by atoms with Gasteiger partial charge < -0.3 is 23.5 Å². The highest BCUT2D eigenvalue weighted by Crippen LogP contribution is 2.33. The van der Waals surface area contributed by atoms with Crippen LogP contribution in [-0.2, 0) is 11.3 Å². The number of benzene rings is 2. The van der Waals surface area contributed by atoms with Gasteiger partial charge in [0.2, 0.25) is 0 Å². The number of carbonyl (C=O) groups excluding carboxylic acids is 1. The van der Waals surface area contributed by atoms with Gasteiger partial charge in [-0.15, -0.1) is 10.2 Å². The van der Waals surface area contributed by atoms with E-state index in [0.717, 1.165) is 5.56 Å². The van der Waals surface area contributed by atoms with E-state index in [0.29, 0.717) is 46.1 Å². The summed E-state index contributed by atoms with van der Waals surface area (Å²) in [5.41, 5.74) is 4.03. The SMILES string of the molecule is CCn1c(SCC(=O)N/N=C\c2cccc(OC)c2OC)nnc1-c1ccc(OC)c(OC)c1. The molecule has 0 bridgehead atoms. The molecule has 34 heavy (non-hydrogen) atoms. The minimum absolute atomic E-state index is 0.122. The van der Waals surface area contributed by atoms with E-state index in [4.69, 9.17) is 18.9 Å². The standard InChI is InChI=1S/C23H27N5O5S/c1-6-28-22(15-10-11-17(30-2)19(12-15)32-4)26-27-23(28)34-14-20(29)25-24-13-16-8-7-9-18(31-3)21(16)33-5/h7-13H,6,14H2,1-5H3,(H,25,29)/b24-13-. The molecule has 1 heterocycles. The summed E-state index contributed by atoms with van der Waals surface area (Å²) >= 11 is 1.28. The summed E-state index contributed by atoms with van der Waals surface area (Å²) in [4.78, 5) is 12.3. The van der Waals surface area contributed by atoms with Crippen molar-refractivity contribution in [2.75, 3.05) is 34.2 Å². The van der Waals surface area contributed by atoms with E-state index < -0.39 is 0 Å². The van der Waals surface area contributed by atoms with Crippen molar-refractivity contribution in [3.8, 4) is 34.4 Å². The average Bonchev–Trinajstić information content (AvgIpc) is 3.29. The highest BCUT2D eigenvalue weighted by Gasteiger charge is 2.16. The van der Waals surface area contributed by atoms with Crippen molar-refractivity contribution >= 4 is 23.9 Å². The smallest absolute Gasteiger partial charge is 0.250 e. The van der Waals surface area contributed by atoms with Gasteiger partial charge in [-0.3, -0.25) is 4.79 Å². The van der Waals surface area contributed by atoms with Crippen molar-refractivity contribution in [2.45, 2.75) is 18.6 Å². The normalized spacial score (nSPS) is 10.9. The van der Waals surface area contributed by atoms with E-state index in [1.807, 2.05) is 41.8 Å². The number of ether oxygens (including phenoxy) is 4. The molecule has 1 aromatic heterocycles. The quantitative estimate of drug-likeness (QED) is 0.250. The molecule has 2 aromatic carbocycles. The number of nitrogens with zero attached hydrogens (tertiary/aromatic N) is 4. The van der Waals surface area contributed by atoms with Crippen molar-refractivity contribution < 1.29 is 23.7 Å². The number of thioether (sulfide) groups is 1. The second-order valence-corrected chi connectivity index (χ2v) is 7.73. The van der Waals surface area contributed by atoms with Crippen LogP contribution in [-0.4, -0.2) is 61.1 Å². The monoisotopic (exact) mass is 485 g/mol. The van der Waals surface area contributed by atoms with Crippen LogP contribution in [0, 0.1) is 0 Å². The predicted octanol–water partition coefficient (Wildman–Crippen LogP) is 3.24. The maximum atomic E-state index is 12.3. The third-order valence-corrected chi connectivity index (χ3v) is 5.80. The zero-order chi connectivity index (χ0) is 24.5. The second kappa shape index (κ2) is 11.9. The maximum absolute atomic E-state index is 12.3. The number of amides is 1. The number of nitrogens with one attached hydrogen (secondary N) is 1. The minimum atomic E-state index is -0.276. The molecule has 0 spiro atoms. The van der Waals surface area contributed by atoms with Gasteiger partial charge >= 0.3 is 0 Å². The summed E-state index contributed by atoms with van der Waals surface area (Å²) in [6.45, 7) is 2.62. The lowest BCUT2D eigenvalue weighted by Gasteiger charge is -2.11. The molecule has 0 unspecified atom stereocenters. The molecule has 0 saturated carbocycles. The van der Waals surface area contributed by atoms with Crippen LogP contribution in [0.15, 0.2) is 46.7 Å². The number of methoxy groups -OCH3 is 4. The first kappa shape index (κ1) is 24.9. The van der Waals surface area contributed by atoms with Gasteiger partial charge in [-0.05, 0) is 37.3 Å². The van der Waals surface area contributed by atoms with Crippen molar-refractivity contribution in [1.82, 2.24) is 20.2 Å². The number of rotatable bonds is 11. The highest BCUT2D eigenvalue weighted by molar-refractivity contribution is 7.99. The molecule has 0 fully saturated rings. The van der Waals surface area contributed by atoms with Crippen LogP contribution in [0.4, 0.5) is 0 Å². The van der Waals surface area contributed by atoms with Crippen LogP contribution in [0.5, 0.6) is 23.0 Å². The highest BCUT2D eigenvalue weighted by atomic mass is 32.2. The lowest BCUT2D eigenvalue weighted by atomic mass is 10.2. The van der Waals surface area contributed by atoms with Gasteiger partial charge in [0.15, 0.2) is 34.0 Å². The van der Waals surface area contributed by atoms with Crippen LogP contribution in [0.2, 0.25) is 0 Å². The van der Waals surface area contributed by atoms with E-state index in [1.54, 1.807) is 34.5 Å². The topological polar surface area (TPSA) is 109 Å².